The molecule has 0 radical (unpaired) electrons. The van der Waals surface area contributed by atoms with Crippen LogP contribution in [0.15, 0.2) is 34.7 Å². The van der Waals surface area contributed by atoms with Gasteiger partial charge in [-0.3, -0.25) is 0 Å². The van der Waals surface area contributed by atoms with Gasteiger partial charge >= 0.3 is 0 Å². The first-order chi connectivity index (χ1) is 9.28. The predicted molar refractivity (Wildman–Crippen MR) is 76.9 cm³/mol. The Balaban J connectivity index is 1.74. The molecule has 2 aromatic rings. The lowest BCUT2D eigenvalue weighted by Gasteiger charge is -2.30. The summed E-state index contributed by atoms with van der Waals surface area (Å²) in [7, 11) is 0. The van der Waals surface area contributed by atoms with E-state index in [-0.39, 0.29) is 0 Å². The summed E-state index contributed by atoms with van der Waals surface area (Å²) in [6.07, 6.45) is 5.57. The van der Waals surface area contributed by atoms with E-state index in [1.54, 1.807) is 0 Å². The summed E-state index contributed by atoms with van der Waals surface area (Å²) in [5.74, 6) is 1.96. The number of benzene rings is 1. The molecule has 0 amide bonds. The van der Waals surface area contributed by atoms with Gasteiger partial charge in [0, 0.05) is 5.39 Å². The molecule has 2 heteroatoms. The number of furan rings is 1. The van der Waals surface area contributed by atoms with E-state index in [2.05, 4.69) is 6.92 Å². The topological polar surface area (TPSA) is 33.4 Å². The van der Waals surface area contributed by atoms with Crippen LogP contribution < -0.4 is 0 Å². The maximum atomic E-state index is 10.5. The first-order valence-corrected chi connectivity index (χ1v) is 7.44. The largest absolute Gasteiger partial charge is 0.458 e. The van der Waals surface area contributed by atoms with Crippen molar-refractivity contribution in [1.29, 1.82) is 0 Å². The van der Waals surface area contributed by atoms with Gasteiger partial charge in [-0.05, 0) is 36.8 Å². The molecular weight excluding hydrogens is 236 g/mol. The van der Waals surface area contributed by atoms with Crippen LogP contribution in [-0.2, 0) is 0 Å². The Morgan fingerprint density at radius 3 is 2.63 bits per heavy atom. The Morgan fingerprint density at radius 2 is 1.95 bits per heavy atom. The van der Waals surface area contributed by atoms with E-state index in [4.69, 9.17) is 4.42 Å². The summed E-state index contributed by atoms with van der Waals surface area (Å²) < 4.78 is 5.79. The lowest BCUT2D eigenvalue weighted by atomic mass is 9.78. The second kappa shape index (κ2) is 5.38. The van der Waals surface area contributed by atoms with Gasteiger partial charge in [-0.25, -0.2) is 0 Å². The Hall–Kier alpha value is -1.28. The smallest absolute Gasteiger partial charge is 0.134 e. The van der Waals surface area contributed by atoms with Crippen LogP contribution in [0.25, 0.3) is 11.0 Å². The molecule has 0 saturated heterocycles. The fourth-order valence-electron chi connectivity index (χ4n) is 3.29. The van der Waals surface area contributed by atoms with Crippen LogP contribution in [0.1, 0.15) is 50.9 Å². The van der Waals surface area contributed by atoms with E-state index in [1.165, 1.54) is 19.3 Å². The maximum absolute atomic E-state index is 10.5. The normalized spacial score (nSPS) is 25.6. The molecule has 1 N–H and O–H groups in total. The zero-order chi connectivity index (χ0) is 13.2. The van der Waals surface area contributed by atoms with Gasteiger partial charge in [0.15, 0.2) is 0 Å². The standard InChI is InChI=1S/C17H22O2/c1-2-12-7-9-13(10-8-12)17(18)16-11-14-5-3-4-6-15(14)19-16/h3-6,11-13,17-18H,2,7-10H2,1H3. The van der Waals surface area contributed by atoms with Gasteiger partial charge in [0.05, 0.1) is 0 Å². The van der Waals surface area contributed by atoms with E-state index in [0.29, 0.717) is 5.92 Å². The van der Waals surface area contributed by atoms with Crippen LogP contribution in [0.2, 0.25) is 0 Å². The molecule has 3 rings (SSSR count). The monoisotopic (exact) mass is 258 g/mol. The minimum absolute atomic E-state index is 0.364. The van der Waals surface area contributed by atoms with Crippen molar-refractivity contribution >= 4 is 11.0 Å². The lowest BCUT2D eigenvalue weighted by molar-refractivity contribution is 0.0566. The molecule has 1 fully saturated rings. The molecule has 1 aromatic carbocycles. The Bertz CT molecular complexity index is 502. The first-order valence-electron chi connectivity index (χ1n) is 7.44. The van der Waals surface area contributed by atoms with E-state index in [9.17, 15) is 5.11 Å². The molecule has 1 heterocycles. The van der Waals surface area contributed by atoms with Gasteiger partial charge in [0.25, 0.3) is 0 Å². The van der Waals surface area contributed by atoms with E-state index in [0.717, 1.165) is 35.5 Å². The fraction of sp³-hybridized carbons (Fsp3) is 0.529. The van der Waals surface area contributed by atoms with Crippen molar-refractivity contribution in [3.05, 3.63) is 36.1 Å². The molecule has 1 aliphatic rings. The van der Waals surface area contributed by atoms with Crippen LogP contribution in [0.5, 0.6) is 0 Å². The highest BCUT2D eigenvalue weighted by Gasteiger charge is 2.28. The molecule has 1 saturated carbocycles. The fourth-order valence-corrected chi connectivity index (χ4v) is 3.29. The Morgan fingerprint density at radius 1 is 1.21 bits per heavy atom. The van der Waals surface area contributed by atoms with Crippen LogP contribution in [0.3, 0.4) is 0 Å². The van der Waals surface area contributed by atoms with Crippen LogP contribution >= 0.6 is 0 Å². The van der Waals surface area contributed by atoms with Crippen molar-refractivity contribution in [2.24, 2.45) is 11.8 Å². The van der Waals surface area contributed by atoms with Crippen molar-refractivity contribution in [3.8, 4) is 0 Å². The molecule has 102 valence electrons. The van der Waals surface area contributed by atoms with Gasteiger partial charge in [-0.15, -0.1) is 0 Å². The second-order valence-electron chi connectivity index (χ2n) is 5.82. The number of aliphatic hydroxyl groups excluding tert-OH is 1. The summed E-state index contributed by atoms with van der Waals surface area (Å²) in [6.45, 7) is 2.26. The highest BCUT2D eigenvalue weighted by atomic mass is 16.4. The van der Waals surface area contributed by atoms with E-state index in [1.807, 2.05) is 30.3 Å². The predicted octanol–water partition coefficient (Wildman–Crippen LogP) is 4.68. The zero-order valence-corrected chi connectivity index (χ0v) is 11.5. The van der Waals surface area contributed by atoms with Crippen molar-refractivity contribution in [2.45, 2.75) is 45.1 Å². The Labute approximate surface area is 114 Å². The third kappa shape index (κ3) is 2.55. The molecule has 2 nitrogen and oxygen atoms in total. The van der Waals surface area contributed by atoms with Crippen molar-refractivity contribution in [3.63, 3.8) is 0 Å². The van der Waals surface area contributed by atoms with Crippen LogP contribution in [0.4, 0.5) is 0 Å². The summed E-state index contributed by atoms with van der Waals surface area (Å²) in [5.41, 5.74) is 0.874. The molecule has 1 aromatic heterocycles. The van der Waals surface area contributed by atoms with Crippen LogP contribution in [-0.4, -0.2) is 5.11 Å². The summed E-state index contributed by atoms with van der Waals surface area (Å²) in [6, 6.07) is 9.95. The second-order valence-corrected chi connectivity index (χ2v) is 5.82. The first kappa shape index (κ1) is 12.7. The third-order valence-corrected chi connectivity index (χ3v) is 4.65. The number of hydrogen-bond donors (Lipinski definition) is 1. The number of aliphatic hydroxyl groups is 1. The molecule has 19 heavy (non-hydrogen) atoms. The maximum Gasteiger partial charge on any atom is 0.134 e. The molecule has 1 unspecified atom stereocenters. The average molecular weight is 258 g/mol. The van der Waals surface area contributed by atoms with Gasteiger partial charge in [-0.1, -0.05) is 44.4 Å². The van der Waals surface area contributed by atoms with Crippen molar-refractivity contribution < 1.29 is 9.52 Å². The summed E-state index contributed by atoms with van der Waals surface area (Å²) in [4.78, 5) is 0. The number of para-hydroxylation sites is 1. The third-order valence-electron chi connectivity index (χ3n) is 4.65. The molecule has 1 aliphatic carbocycles. The van der Waals surface area contributed by atoms with Gasteiger partial charge in [0.2, 0.25) is 0 Å². The zero-order valence-electron chi connectivity index (χ0n) is 11.5. The highest BCUT2D eigenvalue weighted by Crippen LogP contribution is 2.39. The SMILES string of the molecule is CCC1CCC(C(O)c2cc3ccccc3o2)CC1. The van der Waals surface area contributed by atoms with Gasteiger partial charge in [0.1, 0.15) is 17.4 Å². The highest BCUT2D eigenvalue weighted by molar-refractivity contribution is 5.77. The number of hydrogen-bond acceptors (Lipinski definition) is 2. The van der Waals surface area contributed by atoms with Crippen LogP contribution in [0, 0.1) is 11.8 Å². The molecule has 0 bridgehead atoms. The van der Waals surface area contributed by atoms with Crippen molar-refractivity contribution in [2.75, 3.05) is 0 Å². The Kier molecular flexibility index (Phi) is 3.61. The number of fused-ring (bicyclic) bond motifs is 1. The summed E-state index contributed by atoms with van der Waals surface area (Å²) in [5, 5.41) is 11.6. The lowest BCUT2D eigenvalue weighted by Crippen LogP contribution is -2.19. The number of rotatable bonds is 3. The minimum Gasteiger partial charge on any atom is -0.458 e. The van der Waals surface area contributed by atoms with Crippen molar-refractivity contribution in [1.82, 2.24) is 0 Å². The van der Waals surface area contributed by atoms with Gasteiger partial charge < -0.3 is 9.52 Å². The van der Waals surface area contributed by atoms with E-state index < -0.39 is 6.10 Å². The molecule has 1 atom stereocenters. The summed E-state index contributed by atoms with van der Waals surface area (Å²) >= 11 is 0. The minimum atomic E-state index is -0.440. The van der Waals surface area contributed by atoms with Gasteiger partial charge in [-0.2, -0.15) is 0 Å². The molecule has 0 aliphatic heterocycles. The van der Waals surface area contributed by atoms with E-state index >= 15 is 0 Å². The average Bonchev–Trinajstić information content (AvgIpc) is 2.90. The molecular formula is C17H22O2. The molecule has 0 spiro atoms. The quantitative estimate of drug-likeness (QED) is 0.867.